The average Bonchev–Trinajstić information content (AvgIpc) is 3.37. The summed E-state index contributed by atoms with van der Waals surface area (Å²) in [6.07, 6.45) is 0. The molecule has 61 heavy (non-hydrogen) atoms. The first-order chi connectivity index (χ1) is 31.9. The Labute approximate surface area is 362 Å². The van der Waals surface area contributed by atoms with Crippen LogP contribution in [-0.2, 0) is 0 Å². The van der Waals surface area contributed by atoms with Gasteiger partial charge in [-0.15, -0.1) is 0 Å². The molecule has 0 saturated carbocycles. The van der Waals surface area contributed by atoms with Crippen LogP contribution < -0.4 is 4.90 Å². The number of hydrogen-bond donors (Lipinski definition) is 0. The molecule has 11 rings (SSSR count). The molecule has 1 nitrogen and oxygen atoms in total. The van der Waals surface area contributed by atoms with Gasteiger partial charge in [0.2, 0.25) is 0 Å². The van der Waals surface area contributed by atoms with E-state index >= 15 is 0 Å². The van der Waals surface area contributed by atoms with Crippen molar-refractivity contribution in [2.75, 3.05) is 4.90 Å². The van der Waals surface area contributed by atoms with E-state index in [1.165, 1.54) is 10.8 Å². The van der Waals surface area contributed by atoms with E-state index in [0.717, 1.165) is 66.1 Å². The molecule has 0 N–H and O–H groups in total. The molecule has 0 fully saturated rings. The summed E-state index contributed by atoms with van der Waals surface area (Å²) in [6.45, 7) is 0. The van der Waals surface area contributed by atoms with Crippen LogP contribution in [0.25, 0.3) is 88.0 Å². The lowest BCUT2D eigenvalue weighted by molar-refractivity contribution is 1.28. The SMILES string of the molecule is [2H]c1c([2H])c(N(c2ccc(-c3ccc(-c4ccccc4)cc3)cc2)c2ccc(-c3cc4ccccc4c4ccccc34)cc2)c([2H])c([2H])c1-c1cccc(-c2cccc3ccccc23)c1. The first-order valence-corrected chi connectivity index (χ1v) is 20.7. The molecule has 0 aromatic heterocycles. The summed E-state index contributed by atoms with van der Waals surface area (Å²) in [5, 5.41) is 6.94. The van der Waals surface area contributed by atoms with Crippen LogP contribution in [0.15, 0.2) is 249 Å². The van der Waals surface area contributed by atoms with E-state index < -0.39 is 0 Å². The Bertz CT molecular complexity index is 3530. The highest BCUT2D eigenvalue weighted by Crippen LogP contribution is 2.40. The van der Waals surface area contributed by atoms with E-state index in [1.807, 2.05) is 89.8 Å². The summed E-state index contributed by atoms with van der Waals surface area (Å²) in [4.78, 5) is 1.86. The fourth-order valence-electron chi connectivity index (χ4n) is 8.66. The number of nitrogens with zero attached hydrogens (tertiary/aromatic N) is 1. The lowest BCUT2D eigenvalue weighted by atomic mass is 9.93. The fourth-order valence-corrected chi connectivity index (χ4v) is 8.66. The molecule has 0 saturated heterocycles. The van der Waals surface area contributed by atoms with E-state index in [-0.39, 0.29) is 35.4 Å². The minimum Gasteiger partial charge on any atom is -0.311 e. The molecule has 1 heteroatoms. The first kappa shape index (κ1) is 31.9. The van der Waals surface area contributed by atoms with E-state index in [2.05, 4.69) is 140 Å². The fraction of sp³-hybridized carbons (Fsp3) is 0. The van der Waals surface area contributed by atoms with Crippen molar-refractivity contribution >= 4 is 49.4 Å². The molecule has 286 valence electrons. The standard InChI is InChI=1S/C60H41N/c1-2-12-42(13-3-1)43-24-26-44(27-25-43)45-28-34-52(35-29-45)61(54-38-32-48(33-39-54)60-41-51-15-5-7-20-57(51)58-21-8-9-22-59(58)60)53-36-30-46(31-37-53)49-17-10-18-50(40-49)56-23-11-16-47-14-4-6-19-55(47)56/h1-41H/i30D,31D,36D,37D. The Morgan fingerprint density at radius 3 is 1.41 bits per heavy atom. The van der Waals surface area contributed by atoms with Crippen molar-refractivity contribution in [3.8, 4) is 55.6 Å². The maximum atomic E-state index is 9.66. The highest BCUT2D eigenvalue weighted by molar-refractivity contribution is 6.13. The van der Waals surface area contributed by atoms with E-state index in [9.17, 15) is 5.48 Å². The Hall–Kier alpha value is -8.00. The molecule has 11 aromatic carbocycles. The van der Waals surface area contributed by atoms with Gasteiger partial charge in [0.25, 0.3) is 0 Å². The van der Waals surface area contributed by atoms with Crippen LogP contribution in [0.1, 0.15) is 5.48 Å². The number of anilines is 3. The van der Waals surface area contributed by atoms with Gasteiger partial charge in [0.1, 0.15) is 0 Å². The van der Waals surface area contributed by atoms with Crippen molar-refractivity contribution in [1.82, 2.24) is 0 Å². The van der Waals surface area contributed by atoms with Gasteiger partial charge >= 0.3 is 0 Å². The van der Waals surface area contributed by atoms with E-state index in [0.29, 0.717) is 16.9 Å². The molecule has 0 heterocycles. The predicted molar refractivity (Wildman–Crippen MR) is 261 cm³/mol. The number of benzene rings is 11. The molecular formula is C60H41N. The lowest BCUT2D eigenvalue weighted by Crippen LogP contribution is -2.09. The molecule has 0 aliphatic carbocycles. The molecule has 0 atom stereocenters. The summed E-state index contributed by atoms with van der Waals surface area (Å²) < 4.78 is 38.4. The van der Waals surface area contributed by atoms with Gasteiger partial charge in [0.15, 0.2) is 0 Å². The van der Waals surface area contributed by atoms with Crippen molar-refractivity contribution in [1.29, 1.82) is 0 Å². The number of fused-ring (bicyclic) bond motifs is 4. The van der Waals surface area contributed by atoms with Crippen molar-refractivity contribution in [3.63, 3.8) is 0 Å². The van der Waals surface area contributed by atoms with Gasteiger partial charge < -0.3 is 4.90 Å². The highest BCUT2D eigenvalue weighted by atomic mass is 15.1. The second-order valence-electron chi connectivity index (χ2n) is 15.4. The smallest absolute Gasteiger partial charge is 0.0645 e. The van der Waals surface area contributed by atoms with Gasteiger partial charge in [-0.05, 0) is 136 Å². The first-order valence-electron chi connectivity index (χ1n) is 22.7. The normalized spacial score (nSPS) is 12.2. The largest absolute Gasteiger partial charge is 0.311 e. The van der Waals surface area contributed by atoms with Crippen LogP contribution in [-0.4, -0.2) is 0 Å². The third-order valence-electron chi connectivity index (χ3n) is 11.7. The summed E-state index contributed by atoms with van der Waals surface area (Å²) in [7, 11) is 0. The Balaban J connectivity index is 1.03. The number of hydrogen-bond acceptors (Lipinski definition) is 1. The van der Waals surface area contributed by atoms with Gasteiger partial charge in [0, 0.05) is 17.1 Å². The van der Waals surface area contributed by atoms with Crippen LogP contribution in [0.2, 0.25) is 0 Å². The van der Waals surface area contributed by atoms with Crippen molar-refractivity contribution in [2.24, 2.45) is 0 Å². The minimum absolute atomic E-state index is 0.101. The number of rotatable bonds is 8. The third-order valence-corrected chi connectivity index (χ3v) is 11.7. The Morgan fingerprint density at radius 2 is 0.721 bits per heavy atom. The molecule has 0 spiro atoms. The summed E-state index contributed by atoms with van der Waals surface area (Å²) in [6, 6.07) is 76.1. The Kier molecular flexibility index (Phi) is 8.18. The topological polar surface area (TPSA) is 3.24 Å². The highest BCUT2D eigenvalue weighted by Gasteiger charge is 2.16. The second kappa shape index (κ2) is 15.6. The van der Waals surface area contributed by atoms with Crippen LogP contribution >= 0.6 is 0 Å². The van der Waals surface area contributed by atoms with Crippen LogP contribution in [0.5, 0.6) is 0 Å². The third kappa shape index (κ3) is 6.93. The minimum atomic E-state index is -0.123. The average molecular weight is 780 g/mol. The van der Waals surface area contributed by atoms with Gasteiger partial charge in [-0.3, -0.25) is 0 Å². The van der Waals surface area contributed by atoms with Crippen molar-refractivity contribution in [3.05, 3.63) is 249 Å². The molecule has 0 aliphatic rings. The molecule has 0 bridgehead atoms. The van der Waals surface area contributed by atoms with E-state index in [4.69, 9.17) is 0 Å². The molecular weight excluding hydrogens is 735 g/mol. The molecule has 0 aliphatic heterocycles. The molecule has 0 amide bonds. The maximum absolute atomic E-state index is 9.66. The van der Waals surface area contributed by atoms with Gasteiger partial charge in [-0.25, -0.2) is 0 Å². The predicted octanol–water partition coefficient (Wildman–Crippen LogP) is 17.0. The van der Waals surface area contributed by atoms with Crippen molar-refractivity contribution < 1.29 is 5.48 Å². The van der Waals surface area contributed by atoms with Gasteiger partial charge in [-0.1, -0.05) is 200 Å². The molecule has 0 unspecified atom stereocenters. The Morgan fingerprint density at radius 1 is 0.246 bits per heavy atom. The zero-order valence-electron chi connectivity index (χ0n) is 37.3. The quantitative estimate of drug-likeness (QED) is 0.139. The van der Waals surface area contributed by atoms with Crippen LogP contribution in [0.4, 0.5) is 17.1 Å². The van der Waals surface area contributed by atoms with Crippen molar-refractivity contribution in [2.45, 2.75) is 0 Å². The van der Waals surface area contributed by atoms with Gasteiger partial charge in [-0.2, -0.15) is 0 Å². The van der Waals surface area contributed by atoms with Crippen LogP contribution in [0, 0.1) is 0 Å². The molecule has 0 radical (unpaired) electrons. The maximum Gasteiger partial charge on any atom is 0.0645 e. The van der Waals surface area contributed by atoms with E-state index in [1.54, 1.807) is 0 Å². The second-order valence-corrected chi connectivity index (χ2v) is 15.4. The summed E-state index contributed by atoms with van der Waals surface area (Å²) in [5.41, 5.74) is 11.0. The monoisotopic (exact) mass is 779 g/mol. The van der Waals surface area contributed by atoms with Gasteiger partial charge in [0.05, 0.1) is 5.48 Å². The lowest BCUT2D eigenvalue weighted by Gasteiger charge is -2.26. The zero-order valence-corrected chi connectivity index (χ0v) is 33.3. The summed E-state index contributed by atoms with van der Waals surface area (Å²) >= 11 is 0. The molecule has 11 aromatic rings. The zero-order chi connectivity index (χ0) is 44.0. The van der Waals surface area contributed by atoms with Crippen LogP contribution in [0.3, 0.4) is 0 Å². The summed E-state index contributed by atoms with van der Waals surface area (Å²) in [5.74, 6) is 0.